The molecule has 1 aliphatic heterocycles. The minimum Gasteiger partial charge on any atom is -0.364 e. The van der Waals surface area contributed by atoms with E-state index in [1.54, 1.807) is 11.9 Å². The van der Waals surface area contributed by atoms with E-state index in [0.29, 0.717) is 13.1 Å². The van der Waals surface area contributed by atoms with Gasteiger partial charge in [0, 0.05) is 19.2 Å². The van der Waals surface area contributed by atoms with E-state index in [4.69, 9.17) is 15.0 Å². The number of aryl methyl sites for hydroxylation is 2. The number of likely N-dealkylation sites (N-methyl/N-ethyl adjacent to an activating group) is 1. The topological polar surface area (TPSA) is 81.6 Å². The highest BCUT2D eigenvalue weighted by Crippen LogP contribution is 2.22. The lowest BCUT2D eigenvalue weighted by Crippen LogP contribution is -2.36. The average molecular weight is 267 g/mol. The number of ether oxygens (including phenoxy) is 1. The molecule has 19 heavy (non-hydrogen) atoms. The molecule has 2 atom stereocenters. The monoisotopic (exact) mass is 267 g/mol. The smallest absolute Gasteiger partial charge is 0.251 e. The summed E-state index contributed by atoms with van der Waals surface area (Å²) in [6, 6.07) is 0. The van der Waals surface area contributed by atoms with Crippen molar-refractivity contribution in [1.82, 2.24) is 10.1 Å². The van der Waals surface area contributed by atoms with E-state index in [-0.39, 0.29) is 18.1 Å². The first-order valence-corrected chi connectivity index (χ1v) is 6.55. The molecule has 2 rings (SSSR count). The van der Waals surface area contributed by atoms with Crippen molar-refractivity contribution in [3.8, 4) is 0 Å². The Kier molecular flexibility index (Phi) is 4.21. The molecule has 0 spiro atoms. The minimum atomic E-state index is -0.362. The Hall–Kier alpha value is -1.40. The van der Waals surface area contributed by atoms with Crippen LogP contribution in [-0.2, 0) is 16.1 Å². The summed E-state index contributed by atoms with van der Waals surface area (Å²) in [5.74, 6) is 0.750. The zero-order valence-corrected chi connectivity index (χ0v) is 11.7. The van der Waals surface area contributed by atoms with Crippen molar-refractivity contribution in [2.45, 2.75) is 45.4 Å². The van der Waals surface area contributed by atoms with Gasteiger partial charge in [0.05, 0.1) is 18.3 Å². The molecule has 1 aromatic rings. The van der Waals surface area contributed by atoms with Crippen molar-refractivity contribution in [3.05, 3.63) is 17.0 Å². The van der Waals surface area contributed by atoms with Crippen LogP contribution in [0.4, 0.5) is 0 Å². The number of carbonyl (C=O) groups excluding carboxylic acids is 1. The molecule has 1 aromatic heterocycles. The molecular formula is C13H21N3O3. The van der Waals surface area contributed by atoms with Gasteiger partial charge in [0.2, 0.25) is 0 Å². The maximum atomic E-state index is 12.3. The predicted molar refractivity (Wildman–Crippen MR) is 69.4 cm³/mol. The second kappa shape index (κ2) is 5.71. The summed E-state index contributed by atoms with van der Waals surface area (Å²) in [7, 11) is 1.77. The summed E-state index contributed by atoms with van der Waals surface area (Å²) in [5, 5.41) is 3.89. The zero-order valence-electron chi connectivity index (χ0n) is 11.7. The molecule has 6 heteroatoms. The molecule has 0 aliphatic carbocycles. The SMILES string of the molecule is Cc1noc(C)c1CN(C)C(=O)C1CCC(CN)O1. The van der Waals surface area contributed by atoms with Crippen LogP contribution in [0.1, 0.15) is 29.9 Å². The van der Waals surface area contributed by atoms with Crippen LogP contribution in [-0.4, -0.2) is 41.8 Å². The van der Waals surface area contributed by atoms with Gasteiger partial charge in [0.25, 0.3) is 5.91 Å². The lowest BCUT2D eigenvalue weighted by molar-refractivity contribution is -0.141. The summed E-state index contributed by atoms with van der Waals surface area (Å²) in [6.45, 7) is 4.69. The van der Waals surface area contributed by atoms with Crippen molar-refractivity contribution in [2.75, 3.05) is 13.6 Å². The Morgan fingerprint density at radius 3 is 2.74 bits per heavy atom. The van der Waals surface area contributed by atoms with Crippen molar-refractivity contribution < 1.29 is 14.1 Å². The fourth-order valence-corrected chi connectivity index (χ4v) is 2.35. The summed E-state index contributed by atoms with van der Waals surface area (Å²) in [5.41, 5.74) is 7.34. The number of aromatic nitrogens is 1. The third kappa shape index (κ3) is 2.96. The fraction of sp³-hybridized carbons (Fsp3) is 0.692. The van der Waals surface area contributed by atoms with Crippen LogP contribution in [0.5, 0.6) is 0 Å². The Morgan fingerprint density at radius 2 is 2.21 bits per heavy atom. The highest BCUT2D eigenvalue weighted by Gasteiger charge is 2.32. The molecule has 0 bridgehead atoms. The molecule has 0 saturated carbocycles. The Labute approximate surface area is 112 Å². The third-order valence-corrected chi connectivity index (χ3v) is 3.60. The second-order valence-corrected chi connectivity index (χ2v) is 5.06. The van der Waals surface area contributed by atoms with Crippen molar-refractivity contribution >= 4 is 5.91 Å². The molecule has 6 nitrogen and oxygen atoms in total. The number of nitrogens with zero attached hydrogens (tertiary/aromatic N) is 2. The lowest BCUT2D eigenvalue weighted by Gasteiger charge is -2.21. The standard InChI is InChI=1S/C13H21N3O3/c1-8-11(9(2)19-15-8)7-16(3)13(17)12-5-4-10(6-14)18-12/h10,12H,4-7,14H2,1-3H3. The Balaban J connectivity index is 1.97. The second-order valence-electron chi connectivity index (χ2n) is 5.06. The maximum absolute atomic E-state index is 12.3. The van der Waals surface area contributed by atoms with Crippen LogP contribution in [0.15, 0.2) is 4.52 Å². The van der Waals surface area contributed by atoms with E-state index in [1.807, 2.05) is 13.8 Å². The molecule has 1 aliphatic rings. The molecule has 2 unspecified atom stereocenters. The number of hydrogen-bond acceptors (Lipinski definition) is 5. The van der Waals surface area contributed by atoms with Gasteiger partial charge in [-0.2, -0.15) is 0 Å². The molecule has 2 heterocycles. The average Bonchev–Trinajstić information content (AvgIpc) is 2.99. The number of rotatable bonds is 4. The first-order chi connectivity index (χ1) is 9.02. The highest BCUT2D eigenvalue weighted by molar-refractivity contribution is 5.81. The molecule has 0 aromatic carbocycles. The third-order valence-electron chi connectivity index (χ3n) is 3.60. The summed E-state index contributed by atoms with van der Waals surface area (Å²) >= 11 is 0. The molecule has 1 amide bonds. The zero-order chi connectivity index (χ0) is 14.0. The van der Waals surface area contributed by atoms with Gasteiger partial charge in [0.1, 0.15) is 11.9 Å². The van der Waals surface area contributed by atoms with E-state index in [9.17, 15) is 4.79 Å². The molecule has 1 saturated heterocycles. The van der Waals surface area contributed by atoms with Gasteiger partial charge in [-0.3, -0.25) is 4.79 Å². The van der Waals surface area contributed by atoms with E-state index in [2.05, 4.69) is 5.16 Å². The van der Waals surface area contributed by atoms with Crippen molar-refractivity contribution in [3.63, 3.8) is 0 Å². The number of amides is 1. The van der Waals surface area contributed by atoms with Crippen LogP contribution in [0.3, 0.4) is 0 Å². The van der Waals surface area contributed by atoms with Crippen molar-refractivity contribution in [2.24, 2.45) is 5.73 Å². The summed E-state index contributed by atoms with van der Waals surface area (Å²) < 4.78 is 10.7. The number of carbonyl (C=O) groups is 1. The van der Waals surface area contributed by atoms with Gasteiger partial charge in [0.15, 0.2) is 0 Å². The van der Waals surface area contributed by atoms with Gasteiger partial charge in [-0.05, 0) is 26.7 Å². The lowest BCUT2D eigenvalue weighted by atomic mass is 10.1. The van der Waals surface area contributed by atoms with Gasteiger partial charge in [-0.15, -0.1) is 0 Å². The summed E-state index contributed by atoms with van der Waals surface area (Å²) in [4.78, 5) is 13.9. The molecule has 0 radical (unpaired) electrons. The first-order valence-electron chi connectivity index (χ1n) is 6.55. The number of nitrogens with two attached hydrogens (primary N) is 1. The van der Waals surface area contributed by atoms with E-state index in [1.165, 1.54) is 0 Å². The predicted octanol–water partition coefficient (Wildman–Crippen LogP) is 0.756. The van der Waals surface area contributed by atoms with Crippen LogP contribution in [0.2, 0.25) is 0 Å². The molecule has 1 fully saturated rings. The van der Waals surface area contributed by atoms with Crippen LogP contribution >= 0.6 is 0 Å². The van der Waals surface area contributed by atoms with Crippen LogP contribution in [0.25, 0.3) is 0 Å². The fourth-order valence-electron chi connectivity index (χ4n) is 2.35. The maximum Gasteiger partial charge on any atom is 0.251 e. The first kappa shape index (κ1) is 14.0. The van der Waals surface area contributed by atoms with E-state index >= 15 is 0 Å². The molecular weight excluding hydrogens is 246 g/mol. The minimum absolute atomic E-state index is 0.00375. The Bertz CT molecular complexity index is 438. The van der Waals surface area contributed by atoms with Crippen LogP contribution in [0, 0.1) is 13.8 Å². The van der Waals surface area contributed by atoms with Gasteiger partial charge < -0.3 is 19.9 Å². The van der Waals surface area contributed by atoms with Crippen LogP contribution < -0.4 is 5.73 Å². The number of hydrogen-bond donors (Lipinski definition) is 1. The molecule has 2 N–H and O–H groups in total. The van der Waals surface area contributed by atoms with E-state index in [0.717, 1.165) is 29.9 Å². The Morgan fingerprint density at radius 1 is 1.47 bits per heavy atom. The molecule has 106 valence electrons. The van der Waals surface area contributed by atoms with E-state index < -0.39 is 0 Å². The summed E-state index contributed by atoms with van der Waals surface area (Å²) in [6.07, 6.45) is 1.25. The van der Waals surface area contributed by atoms with Gasteiger partial charge in [-0.25, -0.2) is 0 Å². The quantitative estimate of drug-likeness (QED) is 0.870. The van der Waals surface area contributed by atoms with Gasteiger partial charge >= 0.3 is 0 Å². The van der Waals surface area contributed by atoms with Gasteiger partial charge in [-0.1, -0.05) is 5.16 Å². The highest BCUT2D eigenvalue weighted by atomic mass is 16.5. The van der Waals surface area contributed by atoms with Crippen molar-refractivity contribution in [1.29, 1.82) is 0 Å². The normalized spacial score (nSPS) is 22.7. The largest absolute Gasteiger partial charge is 0.364 e.